The van der Waals surface area contributed by atoms with E-state index in [1.165, 1.54) is 0 Å². The predicted octanol–water partition coefficient (Wildman–Crippen LogP) is 3.40. The van der Waals surface area contributed by atoms with E-state index < -0.39 is 32.2 Å². The molecule has 1 N–H and O–H groups in total. The van der Waals surface area contributed by atoms with E-state index in [1.54, 1.807) is 12.1 Å². The third kappa shape index (κ3) is 3.62. The first kappa shape index (κ1) is 18.4. The fourth-order valence-corrected chi connectivity index (χ4v) is 4.72. The molecule has 1 aliphatic heterocycles. The van der Waals surface area contributed by atoms with E-state index in [0.717, 1.165) is 20.9 Å². The van der Waals surface area contributed by atoms with Gasteiger partial charge in [0, 0.05) is 23.6 Å². The van der Waals surface area contributed by atoms with Crippen molar-refractivity contribution in [2.75, 3.05) is 13.1 Å². The lowest BCUT2D eigenvalue weighted by Gasteiger charge is -2.37. The summed E-state index contributed by atoms with van der Waals surface area (Å²) in [5.74, 6) is -1.95. The Morgan fingerprint density at radius 1 is 1.04 bits per heavy atom. The van der Waals surface area contributed by atoms with Gasteiger partial charge in [0.25, 0.3) is 0 Å². The Bertz CT molecular complexity index is 879. The summed E-state index contributed by atoms with van der Waals surface area (Å²) in [7, 11) is -4.08. The van der Waals surface area contributed by atoms with Gasteiger partial charge in [-0.25, -0.2) is 17.2 Å². The minimum atomic E-state index is -4.08. The largest absolute Gasteiger partial charge is 0.385 e. The number of hydrogen-bond donors (Lipinski definition) is 1. The van der Waals surface area contributed by atoms with Crippen LogP contribution in [-0.4, -0.2) is 30.9 Å². The number of nitrogens with zero attached hydrogens (tertiary/aromatic N) is 1. The van der Waals surface area contributed by atoms with Crippen LogP contribution < -0.4 is 0 Å². The molecular formula is C17H16BrF2NO3S. The lowest BCUT2D eigenvalue weighted by atomic mass is 9.85. The topological polar surface area (TPSA) is 57.6 Å². The number of aliphatic hydroxyl groups is 1. The molecule has 0 amide bonds. The molecule has 1 aliphatic rings. The van der Waals surface area contributed by atoms with Gasteiger partial charge < -0.3 is 5.11 Å². The van der Waals surface area contributed by atoms with Crippen LogP contribution in [0.4, 0.5) is 8.78 Å². The average molecular weight is 432 g/mol. The van der Waals surface area contributed by atoms with Crippen molar-refractivity contribution in [2.24, 2.45) is 0 Å². The second-order valence-corrected chi connectivity index (χ2v) is 8.84. The molecule has 0 bridgehead atoms. The Balaban J connectivity index is 1.80. The van der Waals surface area contributed by atoms with E-state index >= 15 is 0 Å². The number of hydrogen-bond acceptors (Lipinski definition) is 3. The van der Waals surface area contributed by atoms with Gasteiger partial charge >= 0.3 is 0 Å². The van der Waals surface area contributed by atoms with E-state index in [0.29, 0.717) is 11.6 Å². The van der Waals surface area contributed by atoms with Crippen LogP contribution in [0.2, 0.25) is 0 Å². The minimum Gasteiger partial charge on any atom is -0.385 e. The summed E-state index contributed by atoms with van der Waals surface area (Å²) in [4.78, 5) is -0.553. The molecule has 0 aromatic heterocycles. The number of halogens is 3. The summed E-state index contributed by atoms with van der Waals surface area (Å²) < 4.78 is 54.0. The smallest absolute Gasteiger partial charge is 0.245 e. The summed E-state index contributed by atoms with van der Waals surface area (Å²) in [5, 5.41) is 10.8. The molecule has 0 radical (unpaired) electrons. The summed E-state index contributed by atoms with van der Waals surface area (Å²) in [6.45, 7) is 0.0947. The lowest BCUT2D eigenvalue weighted by molar-refractivity contribution is -0.00964. The van der Waals surface area contributed by atoms with E-state index in [1.807, 2.05) is 12.1 Å². The van der Waals surface area contributed by atoms with Crippen LogP contribution in [0.5, 0.6) is 0 Å². The van der Waals surface area contributed by atoms with Crippen LogP contribution in [0.15, 0.2) is 51.8 Å². The van der Waals surface area contributed by atoms with E-state index in [-0.39, 0.29) is 25.9 Å². The molecule has 134 valence electrons. The highest BCUT2D eigenvalue weighted by Gasteiger charge is 2.39. The highest BCUT2D eigenvalue weighted by molar-refractivity contribution is 9.10. The highest BCUT2D eigenvalue weighted by atomic mass is 79.9. The van der Waals surface area contributed by atoms with Crippen LogP contribution in [0.3, 0.4) is 0 Å². The van der Waals surface area contributed by atoms with Crippen LogP contribution >= 0.6 is 15.9 Å². The van der Waals surface area contributed by atoms with Crippen molar-refractivity contribution in [3.63, 3.8) is 0 Å². The standard InChI is InChI=1S/C17H16BrF2NO3S/c18-13-3-1-12(2-4-13)17(22)7-9-21(10-8-17)25(23,24)16-6-5-14(19)11-15(16)20/h1-6,11,22H,7-10H2. The number of piperidine rings is 1. The molecule has 4 nitrogen and oxygen atoms in total. The fourth-order valence-electron chi connectivity index (χ4n) is 2.97. The van der Waals surface area contributed by atoms with Crippen molar-refractivity contribution in [2.45, 2.75) is 23.3 Å². The molecule has 0 unspecified atom stereocenters. The van der Waals surface area contributed by atoms with Gasteiger partial charge in [-0.3, -0.25) is 0 Å². The summed E-state index contributed by atoms with van der Waals surface area (Å²) in [6.07, 6.45) is 0.382. The molecule has 2 aromatic carbocycles. The molecule has 8 heteroatoms. The van der Waals surface area contributed by atoms with Crippen LogP contribution in [-0.2, 0) is 15.6 Å². The number of rotatable bonds is 3. The zero-order valence-corrected chi connectivity index (χ0v) is 15.5. The number of sulfonamides is 1. The van der Waals surface area contributed by atoms with Gasteiger partial charge in [-0.05, 0) is 42.7 Å². The van der Waals surface area contributed by atoms with E-state index in [9.17, 15) is 22.3 Å². The average Bonchev–Trinajstić information content (AvgIpc) is 2.55. The monoisotopic (exact) mass is 431 g/mol. The Morgan fingerprint density at radius 3 is 2.20 bits per heavy atom. The van der Waals surface area contributed by atoms with Crippen LogP contribution in [0.1, 0.15) is 18.4 Å². The Morgan fingerprint density at radius 2 is 1.64 bits per heavy atom. The Hall–Kier alpha value is -1.35. The van der Waals surface area contributed by atoms with Crippen molar-refractivity contribution < 1.29 is 22.3 Å². The van der Waals surface area contributed by atoms with Gasteiger partial charge in [0.15, 0.2) is 0 Å². The Labute approximate surface area is 153 Å². The molecular weight excluding hydrogens is 416 g/mol. The zero-order chi connectivity index (χ0) is 18.2. The van der Waals surface area contributed by atoms with Crippen molar-refractivity contribution in [1.29, 1.82) is 0 Å². The van der Waals surface area contributed by atoms with Gasteiger partial charge in [-0.15, -0.1) is 0 Å². The highest BCUT2D eigenvalue weighted by Crippen LogP contribution is 2.35. The number of benzene rings is 2. The Kier molecular flexibility index (Phi) is 4.98. The zero-order valence-electron chi connectivity index (χ0n) is 13.1. The second kappa shape index (κ2) is 6.75. The maximum Gasteiger partial charge on any atom is 0.245 e. The molecule has 0 aliphatic carbocycles. The molecule has 0 saturated carbocycles. The SMILES string of the molecule is O=S(=O)(c1ccc(F)cc1F)N1CCC(O)(c2ccc(Br)cc2)CC1. The molecule has 0 spiro atoms. The lowest BCUT2D eigenvalue weighted by Crippen LogP contribution is -2.45. The molecule has 1 heterocycles. The van der Waals surface area contributed by atoms with Crippen molar-refractivity contribution in [3.05, 3.63) is 64.1 Å². The van der Waals surface area contributed by atoms with Gasteiger partial charge in [-0.1, -0.05) is 28.1 Å². The first-order valence-corrected chi connectivity index (χ1v) is 9.89. The molecule has 2 aromatic rings. The first-order valence-electron chi connectivity index (χ1n) is 7.66. The molecule has 1 fully saturated rings. The van der Waals surface area contributed by atoms with Gasteiger partial charge in [0.05, 0.1) is 5.60 Å². The minimum absolute atomic E-state index is 0.0473. The van der Waals surface area contributed by atoms with Gasteiger partial charge in [-0.2, -0.15) is 4.31 Å². The maximum atomic E-state index is 13.9. The van der Waals surface area contributed by atoms with E-state index in [4.69, 9.17) is 0 Å². The summed E-state index contributed by atoms with van der Waals surface area (Å²) in [6, 6.07) is 9.58. The molecule has 0 atom stereocenters. The first-order chi connectivity index (χ1) is 11.7. The normalized spacial score (nSPS) is 18.2. The summed E-state index contributed by atoms with van der Waals surface area (Å²) in [5.41, 5.74) is -0.422. The van der Waals surface area contributed by atoms with Crippen LogP contribution in [0.25, 0.3) is 0 Å². The van der Waals surface area contributed by atoms with Crippen LogP contribution in [0, 0.1) is 11.6 Å². The maximum absolute atomic E-state index is 13.9. The third-order valence-corrected chi connectivity index (χ3v) is 6.90. The second-order valence-electron chi connectivity index (χ2n) is 6.02. The molecule has 3 rings (SSSR count). The van der Waals surface area contributed by atoms with Crippen molar-refractivity contribution in [3.8, 4) is 0 Å². The van der Waals surface area contributed by atoms with Gasteiger partial charge in [0.2, 0.25) is 10.0 Å². The molecule has 25 heavy (non-hydrogen) atoms. The fraction of sp³-hybridized carbons (Fsp3) is 0.294. The molecule has 1 saturated heterocycles. The van der Waals surface area contributed by atoms with Gasteiger partial charge in [0.1, 0.15) is 16.5 Å². The third-order valence-electron chi connectivity index (χ3n) is 4.44. The quantitative estimate of drug-likeness (QED) is 0.809. The van der Waals surface area contributed by atoms with Crippen molar-refractivity contribution in [1.82, 2.24) is 4.31 Å². The van der Waals surface area contributed by atoms with E-state index in [2.05, 4.69) is 15.9 Å². The summed E-state index contributed by atoms with van der Waals surface area (Å²) >= 11 is 3.33. The predicted molar refractivity (Wildman–Crippen MR) is 92.4 cm³/mol. The van der Waals surface area contributed by atoms with Crippen molar-refractivity contribution >= 4 is 26.0 Å².